The first kappa shape index (κ1) is 20.2. The first-order chi connectivity index (χ1) is 13.9. The lowest BCUT2D eigenvalue weighted by Gasteiger charge is -2.36. The van der Waals surface area contributed by atoms with Crippen molar-refractivity contribution in [2.75, 3.05) is 47.0 Å². The van der Waals surface area contributed by atoms with E-state index in [0.717, 1.165) is 24.5 Å². The van der Waals surface area contributed by atoms with Gasteiger partial charge in [-0.1, -0.05) is 6.07 Å². The number of hydrogen-bond acceptors (Lipinski definition) is 4. The summed E-state index contributed by atoms with van der Waals surface area (Å²) in [4.78, 5) is 38.8. The van der Waals surface area contributed by atoms with Gasteiger partial charge >= 0.3 is 6.03 Å². The second-order valence-electron chi connectivity index (χ2n) is 6.89. The molecule has 2 aromatic rings. The summed E-state index contributed by atoms with van der Waals surface area (Å²) in [5.74, 6) is -0.255. The zero-order valence-electron chi connectivity index (χ0n) is 16.6. The predicted octanol–water partition coefficient (Wildman–Crippen LogP) is 2.96. The van der Waals surface area contributed by atoms with Crippen molar-refractivity contribution in [2.45, 2.75) is 13.8 Å². The van der Waals surface area contributed by atoms with Crippen molar-refractivity contribution in [3.63, 3.8) is 0 Å². The van der Waals surface area contributed by atoms with E-state index in [1.54, 1.807) is 29.2 Å². The lowest BCUT2D eigenvalue weighted by molar-refractivity contribution is -0.115. The number of benzene rings is 2. The molecular weight excluding hydrogens is 370 g/mol. The summed E-state index contributed by atoms with van der Waals surface area (Å²) in [6.07, 6.45) is 0. The Labute approximate surface area is 169 Å². The van der Waals surface area contributed by atoms with Crippen LogP contribution in [-0.4, -0.2) is 48.9 Å². The van der Waals surface area contributed by atoms with Crippen LogP contribution in [0.5, 0.6) is 0 Å². The molecule has 1 fully saturated rings. The van der Waals surface area contributed by atoms with Crippen molar-refractivity contribution in [1.29, 1.82) is 0 Å². The van der Waals surface area contributed by atoms with Crippen molar-refractivity contribution in [1.82, 2.24) is 4.90 Å². The van der Waals surface area contributed by atoms with Crippen LogP contribution in [0.15, 0.2) is 48.5 Å². The van der Waals surface area contributed by atoms with Gasteiger partial charge in [-0.2, -0.15) is 0 Å². The Morgan fingerprint density at radius 3 is 1.86 bits per heavy atom. The summed E-state index contributed by atoms with van der Waals surface area (Å²) in [5, 5.41) is 8.34. The van der Waals surface area contributed by atoms with E-state index in [1.807, 2.05) is 24.3 Å². The minimum Gasteiger partial charge on any atom is -0.368 e. The fraction of sp³-hybridized carbons (Fsp3) is 0.286. The predicted molar refractivity (Wildman–Crippen MR) is 114 cm³/mol. The van der Waals surface area contributed by atoms with Crippen LogP contribution in [0, 0.1) is 0 Å². The Kier molecular flexibility index (Phi) is 6.33. The largest absolute Gasteiger partial charge is 0.368 e. The van der Waals surface area contributed by atoms with Gasteiger partial charge in [0.15, 0.2) is 0 Å². The van der Waals surface area contributed by atoms with Crippen LogP contribution in [0.4, 0.5) is 27.5 Å². The van der Waals surface area contributed by atoms with Gasteiger partial charge in [-0.25, -0.2) is 4.79 Å². The van der Waals surface area contributed by atoms with Crippen molar-refractivity contribution in [3.8, 4) is 0 Å². The molecule has 0 aliphatic carbocycles. The quantitative estimate of drug-likeness (QED) is 0.742. The molecule has 1 saturated heterocycles. The number of urea groups is 1. The van der Waals surface area contributed by atoms with Gasteiger partial charge in [-0.3, -0.25) is 9.59 Å². The highest BCUT2D eigenvalue weighted by Crippen LogP contribution is 2.20. The van der Waals surface area contributed by atoms with Gasteiger partial charge in [0, 0.05) is 62.8 Å². The number of nitrogens with zero attached hydrogens (tertiary/aromatic N) is 2. The maximum atomic E-state index is 12.6. The van der Waals surface area contributed by atoms with E-state index in [4.69, 9.17) is 0 Å². The van der Waals surface area contributed by atoms with Gasteiger partial charge in [-0.05, 0) is 42.5 Å². The van der Waals surface area contributed by atoms with E-state index in [0.29, 0.717) is 24.5 Å². The molecule has 8 heteroatoms. The number of piperazine rings is 1. The zero-order chi connectivity index (χ0) is 20.8. The van der Waals surface area contributed by atoms with Crippen LogP contribution in [-0.2, 0) is 9.59 Å². The van der Waals surface area contributed by atoms with Gasteiger partial charge in [-0.15, -0.1) is 0 Å². The summed E-state index contributed by atoms with van der Waals surface area (Å²) in [5.41, 5.74) is 3.10. The molecule has 0 saturated carbocycles. The summed E-state index contributed by atoms with van der Waals surface area (Å²) in [6.45, 7) is 5.57. The Morgan fingerprint density at radius 2 is 1.28 bits per heavy atom. The van der Waals surface area contributed by atoms with Gasteiger partial charge in [0.05, 0.1) is 0 Å². The second-order valence-corrected chi connectivity index (χ2v) is 6.89. The highest BCUT2D eigenvalue weighted by atomic mass is 16.2. The molecule has 0 bridgehead atoms. The molecule has 1 aliphatic rings. The van der Waals surface area contributed by atoms with Crippen LogP contribution >= 0.6 is 0 Å². The van der Waals surface area contributed by atoms with E-state index < -0.39 is 0 Å². The molecule has 4 amide bonds. The molecule has 0 unspecified atom stereocenters. The summed E-state index contributed by atoms with van der Waals surface area (Å²) >= 11 is 0. The Morgan fingerprint density at radius 1 is 0.724 bits per heavy atom. The first-order valence-electron chi connectivity index (χ1n) is 9.47. The molecule has 0 radical (unpaired) electrons. The molecule has 2 aromatic carbocycles. The van der Waals surface area contributed by atoms with Crippen molar-refractivity contribution >= 4 is 40.6 Å². The lowest BCUT2D eigenvalue weighted by Crippen LogP contribution is -2.50. The van der Waals surface area contributed by atoms with Gasteiger partial charge in [0.1, 0.15) is 0 Å². The number of nitrogens with one attached hydrogen (secondary N) is 3. The monoisotopic (exact) mass is 395 g/mol. The number of amides is 4. The fourth-order valence-electron chi connectivity index (χ4n) is 3.21. The van der Waals surface area contributed by atoms with Crippen LogP contribution in [0.2, 0.25) is 0 Å². The lowest BCUT2D eigenvalue weighted by atomic mass is 10.2. The number of carbonyl (C=O) groups is 3. The Bertz CT molecular complexity index is 889. The summed E-state index contributed by atoms with van der Waals surface area (Å²) < 4.78 is 0. The van der Waals surface area contributed by atoms with Crippen molar-refractivity contribution in [2.24, 2.45) is 0 Å². The molecule has 0 spiro atoms. The Hall–Kier alpha value is -3.55. The maximum absolute atomic E-state index is 12.6. The summed E-state index contributed by atoms with van der Waals surface area (Å²) in [7, 11) is 0. The number of hydrogen-bond donors (Lipinski definition) is 3. The third-order valence-corrected chi connectivity index (χ3v) is 4.55. The molecule has 1 heterocycles. The molecule has 0 aromatic heterocycles. The standard InChI is InChI=1S/C21H25N5O3/c1-15(27)22-17-6-8-20(9-7-17)25-10-12-26(13-11-25)21(29)24-19-5-3-4-18(14-19)23-16(2)28/h3-9,14H,10-13H2,1-2H3,(H,22,27)(H,23,28)(H,24,29). The third kappa shape index (κ3) is 5.71. The van der Waals surface area contributed by atoms with Gasteiger partial charge in [0.2, 0.25) is 11.8 Å². The first-order valence-corrected chi connectivity index (χ1v) is 9.47. The fourth-order valence-corrected chi connectivity index (χ4v) is 3.21. The number of carbonyl (C=O) groups excluding carboxylic acids is 3. The van der Waals surface area contributed by atoms with Crippen LogP contribution < -0.4 is 20.9 Å². The normalized spacial score (nSPS) is 13.6. The second kappa shape index (κ2) is 9.09. The van der Waals surface area contributed by atoms with Gasteiger partial charge in [0.25, 0.3) is 0 Å². The molecule has 1 aliphatic heterocycles. The SMILES string of the molecule is CC(=O)Nc1ccc(N2CCN(C(=O)Nc3cccc(NC(C)=O)c3)CC2)cc1. The maximum Gasteiger partial charge on any atom is 0.321 e. The van der Waals surface area contributed by atoms with Gasteiger partial charge < -0.3 is 25.8 Å². The molecule has 3 rings (SSSR count). The molecule has 0 atom stereocenters. The number of anilines is 4. The minimum atomic E-state index is -0.161. The van der Waals surface area contributed by atoms with Crippen molar-refractivity contribution in [3.05, 3.63) is 48.5 Å². The molecule has 152 valence electrons. The van der Waals surface area contributed by atoms with Crippen LogP contribution in [0.1, 0.15) is 13.8 Å². The smallest absolute Gasteiger partial charge is 0.321 e. The van der Waals surface area contributed by atoms with E-state index in [-0.39, 0.29) is 17.8 Å². The Balaban J connectivity index is 1.53. The summed E-state index contributed by atoms with van der Waals surface area (Å²) in [6, 6.07) is 14.6. The number of rotatable bonds is 4. The van der Waals surface area contributed by atoms with E-state index >= 15 is 0 Å². The molecule has 8 nitrogen and oxygen atoms in total. The van der Waals surface area contributed by atoms with Crippen molar-refractivity contribution < 1.29 is 14.4 Å². The highest BCUT2D eigenvalue weighted by Gasteiger charge is 2.21. The van der Waals surface area contributed by atoms with Crippen LogP contribution in [0.3, 0.4) is 0 Å². The van der Waals surface area contributed by atoms with E-state index in [2.05, 4.69) is 20.9 Å². The molecule has 3 N–H and O–H groups in total. The molecular formula is C21H25N5O3. The third-order valence-electron chi connectivity index (χ3n) is 4.55. The van der Waals surface area contributed by atoms with E-state index in [9.17, 15) is 14.4 Å². The molecule has 29 heavy (non-hydrogen) atoms. The topological polar surface area (TPSA) is 93.8 Å². The highest BCUT2D eigenvalue weighted by molar-refractivity contribution is 5.92. The average molecular weight is 395 g/mol. The average Bonchev–Trinajstić information content (AvgIpc) is 2.68. The minimum absolute atomic E-state index is 0.0972. The van der Waals surface area contributed by atoms with Crippen LogP contribution in [0.25, 0.3) is 0 Å². The zero-order valence-corrected chi connectivity index (χ0v) is 16.6. The van der Waals surface area contributed by atoms with E-state index in [1.165, 1.54) is 13.8 Å².